The number of esters is 1. The van der Waals surface area contributed by atoms with Crippen molar-refractivity contribution in [1.82, 2.24) is 21.0 Å². The van der Waals surface area contributed by atoms with Gasteiger partial charge in [-0.05, 0) is 36.8 Å². The Balaban J connectivity index is 1.67. The number of nitro groups is 1. The molecule has 3 rings (SSSR count). The second-order valence-electron chi connectivity index (χ2n) is 10.0. The number of hydrogen-bond donors (Lipinski definition) is 4. The van der Waals surface area contributed by atoms with Gasteiger partial charge in [0.05, 0.1) is 7.11 Å². The summed E-state index contributed by atoms with van der Waals surface area (Å²) < 4.78 is 10.3. The molecule has 1 fully saturated rings. The Kier molecular flexibility index (Phi) is 12.9. The second-order valence-corrected chi connectivity index (χ2v) is 10.0. The van der Waals surface area contributed by atoms with Gasteiger partial charge in [0, 0.05) is 19.5 Å². The number of nitrogens with two attached hydrogens (primary N) is 1. The number of likely N-dealkylation sites (tertiary alicyclic amines) is 1. The van der Waals surface area contributed by atoms with Gasteiger partial charge in [-0.3, -0.25) is 14.5 Å². The molecule has 0 radical (unpaired) electrons. The maximum absolute atomic E-state index is 13.5. The molecule has 1 heterocycles. The van der Waals surface area contributed by atoms with E-state index < -0.39 is 53.0 Å². The fraction of sp³-hybridized carbons (Fsp3) is 0.414. The van der Waals surface area contributed by atoms with Crippen molar-refractivity contribution in [2.24, 2.45) is 10.7 Å². The molecular formula is C29H37N7O8. The summed E-state index contributed by atoms with van der Waals surface area (Å²) in [6, 6.07) is 15.2. The number of carbonyl (C=O) groups excluding carboxylic acids is 4. The molecule has 15 nitrogen and oxygen atoms in total. The average Bonchev–Trinajstić information content (AvgIpc) is 3.52. The van der Waals surface area contributed by atoms with Crippen LogP contribution in [0.2, 0.25) is 0 Å². The second kappa shape index (κ2) is 17.0. The van der Waals surface area contributed by atoms with Crippen LogP contribution in [0.15, 0.2) is 65.7 Å². The maximum atomic E-state index is 13.5. The lowest BCUT2D eigenvalue weighted by molar-refractivity contribution is -0.525. The summed E-state index contributed by atoms with van der Waals surface area (Å²) in [5, 5.41) is 15.0. The highest BCUT2D eigenvalue weighted by molar-refractivity contribution is 5.93. The number of ether oxygens (including phenoxy) is 2. The van der Waals surface area contributed by atoms with E-state index in [9.17, 15) is 29.3 Å². The zero-order valence-corrected chi connectivity index (χ0v) is 24.3. The molecule has 0 spiro atoms. The smallest absolute Gasteiger partial charge is 0.410 e. The molecule has 236 valence electrons. The topological polar surface area (TPSA) is 208 Å². The van der Waals surface area contributed by atoms with Crippen LogP contribution >= 0.6 is 0 Å². The Morgan fingerprint density at radius 2 is 1.70 bits per heavy atom. The quantitative estimate of drug-likeness (QED) is 0.0596. The van der Waals surface area contributed by atoms with Gasteiger partial charge >= 0.3 is 12.1 Å². The number of guanidine groups is 1. The van der Waals surface area contributed by atoms with Gasteiger partial charge < -0.3 is 25.8 Å². The lowest BCUT2D eigenvalue weighted by atomic mass is 10.0. The van der Waals surface area contributed by atoms with Crippen molar-refractivity contribution in [1.29, 1.82) is 0 Å². The fourth-order valence-electron chi connectivity index (χ4n) is 4.67. The Hall–Kier alpha value is -5.21. The van der Waals surface area contributed by atoms with Gasteiger partial charge in [0.2, 0.25) is 11.8 Å². The zero-order valence-electron chi connectivity index (χ0n) is 24.3. The molecule has 0 aliphatic carbocycles. The van der Waals surface area contributed by atoms with Crippen LogP contribution in [0.3, 0.4) is 0 Å². The van der Waals surface area contributed by atoms with Gasteiger partial charge in [-0.2, -0.15) is 0 Å². The van der Waals surface area contributed by atoms with E-state index in [1.165, 1.54) is 12.0 Å². The number of hydrogen-bond acceptors (Lipinski definition) is 9. The minimum Gasteiger partial charge on any atom is -0.467 e. The Bertz CT molecular complexity index is 1310. The van der Waals surface area contributed by atoms with E-state index in [4.69, 9.17) is 15.2 Å². The number of methoxy groups -OCH3 is 1. The van der Waals surface area contributed by atoms with E-state index in [-0.39, 0.29) is 32.4 Å². The van der Waals surface area contributed by atoms with E-state index in [1.54, 1.807) is 29.7 Å². The van der Waals surface area contributed by atoms with Crippen molar-refractivity contribution < 1.29 is 33.7 Å². The first-order valence-electron chi connectivity index (χ1n) is 14.1. The molecule has 0 aromatic heterocycles. The summed E-state index contributed by atoms with van der Waals surface area (Å²) in [6.07, 6.45) is 0.790. The van der Waals surface area contributed by atoms with Gasteiger partial charge in [-0.25, -0.2) is 24.7 Å². The summed E-state index contributed by atoms with van der Waals surface area (Å²) >= 11 is 0. The third kappa shape index (κ3) is 10.6. The van der Waals surface area contributed by atoms with Gasteiger partial charge in [0.25, 0.3) is 5.96 Å². The van der Waals surface area contributed by atoms with Crippen LogP contribution in [-0.2, 0) is 36.9 Å². The minimum atomic E-state index is -1.09. The van der Waals surface area contributed by atoms with Crippen LogP contribution in [0.25, 0.3) is 0 Å². The number of aliphatic imine (C=N–C) groups is 1. The molecule has 3 atom stereocenters. The minimum absolute atomic E-state index is 0.0398. The van der Waals surface area contributed by atoms with Crippen molar-refractivity contribution in [2.45, 2.75) is 56.8 Å². The maximum Gasteiger partial charge on any atom is 0.410 e. The molecule has 44 heavy (non-hydrogen) atoms. The molecule has 1 aliphatic heterocycles. The monoisotopic (exact) mass is 611 g/mol. The number of nitrogens with one attached hydrogen (secondary N) is 3. The number of rotatable bonds is 14. The number of carbonyl (C=O) groups is 4. The summed E-state index contributed by atoms with van der Waals surface area (Å²) in [7, 11) is 1.17. The van der Waals surface area contributed by atoms with Gasteiger partial charge in [0.1, 0.15) is 24.7 Å². The van der Waals surface area contributed by atoms with E-state index in [1.807, 2.05) is 36.4 Å². The Morgan fingerprint density at radius 3 is 2.34 bits per heavy atom. The molecule has 1 saturated heterocycles. The molecular weight excluding hydrogens is 574 g/mol. The predicted octanol–water partition coefficient (Wildman–Crippen LogP) is 1.05. The number of amides is 3. The lowest BCUT2D eigenvalue weighted by Gasteiger charge is -2.27. The van der Waals surface area contributed by atoms with E-state index in [2.05, 4.69) is 15.6 Å². The lowest BCUT2D eigenvalue weighted by Crippen LogP contribution is -2.56. The van der Waals surface area contributed by atoms with Crippen LogP contribution < -0.4 is 21.8 Å². The van der Waals surface area contributed by atoms with Crippen LogP contribution in [0, 0.1) is 10.1 Å². The number of nitrogens with zero attached hydrogens (tertiary/aromatic N) is 3. The Labute approximate surface area is 254 Å². The summed E-state index contributed by atoms with van der Waals surface area (Å²) in [5.41, 5.74) is 8.69. The van der Waals surface area contributed by atoms with Gasteiger partial charge in [-0.15, -0.1) is 0 Å². The predicted molar refractivity (Wildman–Crippen MR) is 158 cm³/mol. The van der Waals surface area contributed by atoms with Crippen molar-refractivity contribution >= 4 is 29.8 Å². The molecule has 0 bridgehead atoms. The SMILES string of the molecule is COC(=O)C(CCCN=C(N)N[N+](=O)[O-])NC(=O)C(Cc1ccccc1)NC(=O)C1CCCN1C(=O)OCc1ccccc1. The normalized spacial score (nSPS) is 15.9. The molecule has 1 aliphatic rings. The molecule has 3 unspecified atom stereocenters. The van der Waals surface area contributed by atoms with Crippen molar-refractivity contribution in [3.8, 4) is 0 Å². The number of benzene rings is 2. The highest BCUT2D eigenvalue weighted by Gasteiger charge is 2.37. The molecule has 15 heteroatoms. The van der Waals surface area contributed by atoms with Crippen LogP contribution in [0.4, 0.5) is 4.79 Å². The average molecular weight is 612 g/mol. The van der Waals surface area contributed by atoms with Crippen molar-refractivity contribution in [3.05, 3.63) is 81.9 Å². The third-order valence-electron chi connectivity index (χ3n) is 6.85. The summed E-state index contributed by atoms with van der Waals surface area (Å²) in [6.45, 7) is 0.427. The largest absolute Gasteiger partial charge is 0.467 e. The number of hydrazine groups is 1. The highest BCUT2D eigenvalue weighted by Crippen LogP contribution is 2.20. The zero-order chi connectivity index (χ0) is 31.9. The standard InChI is InChI=1S/C29H37N7O8/c1-43-27(39)22(14-8-16-31-28(30)34-36(41)42)32-25(37)23(18-20-10-4-2-5-11-20)33-26(38)24-15-9-17-35(24)29(40)44-19-21-12-6-3-7-13-21/h2-7,10-13,22-24H,8-9,14-19H2,1H3,(H,32,37)(H,33,38)(H3,30,31,34). The van der Waals surface area contributed by atoms with E-state index >= 15 is 0 Å². The molecule has 3 amide bonds. The first-order chi connectivity index (χ1) is 21.2. The Morgan fingerprint density at radius 1 is 1.05 bits per heavy atom. The molecule has 5 N–H and O–H groups in total. The van der Waals surface area contributed by atoms with E-state index in [0.29, 0.717) is 19.4 Å². The molecule has 2 aromatic carbocycles. The van der Waals surface area contributed by atoms with Crippen LogP contribution in [-0.4, -0.2) is 78.1 Å². The van der Waals surface area contributed by atoms with Crippen LogP contribution in [0.5, 0.6) is 0 Å². The van der Waals surface area contributed by atoms with E-state index in [0.717, 1.165) is 11.1 Å². The first kappa shape index (κ1) is 33.3. The van der Waals surface area contributed by atoms with Crippen LogP contribution in [0.1, 0.15) is 36.8 Å². The van der Waals surface area contributed by atoms with Crippen molar-refractivity contribution in [3.63, 3.8) is 0 Å². The first-order valence-corrected chi connectivity index (χ1v) is 14.1. The fourth-order valence-corrected chi connectivity index (χ4v) is 4.67. The molecule has 2 aromatic rings. The van der Waals surface area contributed by atoms with Gasteiger partial charge in [0.15, 0.2) is 5.03 Å². The third-order valence-corrected chi connectivity index (χ3v) is 6.85. The van der Waals surface area contributed by atoms with Gasteiger partial charge in [-0.1, -0.05) is 66.1 Å². The molecule has 0 saturated carbocycles. The highest BCUT2D eigenvalue weighted by atomic mass is 16.7. The summed E-state index contributed by atoms with van der Waals surface area (Å²) in [5.74, 6) is -2.27. The summed E-state index contributed by atoms with van der Waals surface area (Å²) in [4.78, 5) is 67.9. The van der Waals surface area contributed by atoms with Crippen molar-refractivity contribution in [2.75, 3.05) is 20.2 Å².